The van der Waals surface area contributed by atoms with Crippen LogP contribution in [0.25, 0.3) is 10.2 Å². The highest BCUT2D eigenvalue weighted by molar-refractivity contribution is 7.17. The number of hydrogen-bond acceptors (Lipinski definition) is 5. The van der Waals surface area contributed by atoms with Gasteiger partial charge in [0.1, 0.15) is 5.56 Å². The summed E-state index contributed by atoms with van der Waals surface area (Å²) < 4.78 is 2.04. The van der Waals surface area contributed by atoms with Gasteiger partial charge in [-0.15, -0.1) is 11.3 Å². The molecule has 0 aliphatic heterocycles. The Bertz CT molecular complexity index is 1180. The number of hydrogen-bond donors (Lipinski definition) is 2. The summed E-state index contributed by atoms with van der Waals surface area (Å²) in [5.74, 6) is -0.883. The summed E-state index contributed by atoms with van der Waals surface area (Å²) in [5, 5.41) is 15.1. The van der Waals surface area contributed by atoms with Crippen molar-refractivity contribution in [3.63, 3.8) is 0 Å². The van der Waals surface area contributed by atoms with Crippen molar-refractivity contribution in [1.29, 1.82) is 0 Å². The molecule has 0 atom stereocenters. The molecule has 0 saturated carbocycles. The van der Waals surface area contributed by atoms with Crippen molar-refractivity contribution in [2.24, 2.45) is 0 Å². The van der Waals surface area contributed by atoms with Crippen LogP contribution in [0.5, 0.6) is 5.75 Å². The largest absolute Gasteiger partial charge is 0.505 e. The summed E-state index contributed by atoms with van der Waals surface area (Å²) in [4.78, 5) is 29.8. The molecule has 0 saturated heterocycles. The molecular formula is C21H17N3O3S. The number of benzene rings is 1. The van der Waals surface area contributed by atoms with Crippen LogP contribution in [-0.2, 0) is 13.1 Å². The minimum Gasteiger partial charge on any atom is -0.505 e. The van der Waals surface area contributed by atoms with Crippen LogP contribution in [0.2, 0.25) is 0 Å². The van der Waals surface area contributed by atoms with Crippen LogP contribution in [0.3, 0.4) is 0 Å². The first kappa shape index (κ1) is 17.9. The quantitative estimate of drug-likeness (QED) is 0.547. The second-order valence-corrected chi connectivity index (χ2v) is 7.20. The van der Waals surface area contributed by atoms with E-state index in [1.54, 1.807) is 29.9 Å². The van der Waals surface area contributed by atoms with Crippen molar-refractivity contribution in [2.75, 3.05) is 0 Å². The van der Waals surface area contributed by atoms with Crippen LogP contribution in [0.15, 0.2) is 71.1 Å². The highest BCUT2D eigenvalue weighted by Crippen LogP contribution is 2.31. The molecule has 3 heterocycles. The van der Waals surface area contributed by atoms with Crippen LogP contribution in [0.4, 0.5) is 0 Å². The summed E-state index contributed by atoms with van der Waals surface area (Å²) >= 11 is 1.29. The number of aromatic nitrogens is 2. The lowest BCUT2D eigenvalue weighted by Crippen LogP contribution is -2.33. The number of pyridine rings is 2. The van der Waals surface area contributed by atoms with Crippen molar-refractivity contribution in [3.8, 4) is 5.75 Å². The molecule has 0 radical (unpaired) electrons. The monoisotopic (exact) mass is 391 g/mol. The molecule has 4 rings (SSSR count). The van der Waals surface area contributed by atoms with Crippen LogP contribution < -0.4 is 10.9 Å². The molecule has 0 unspecified atom stereocenters. The maximum Gasteiger partial charge on any atom is 0.268 e. The maximum atomic E-state index is 13.1. The fraction of sp³-hybridized carbons (Fsp3) is 0.0952. The highest BCUT2D eigenvalue weighted by atomic mass is 32.1. The van der Waals surface area contributed by atoms with Gasteiger partial charge in [-0.25, -0.2) is 0 Å². The molecule has 7 heteroatoms. The van der Waals surface area contributed by atoms with E-state index >= 15 is 0 Å². The second kappa shape index (κ2) is 7.66. The molecule has 1 amide bonds. The van der Waals surface area contributed by atoms with Crippen molar-refractivity contribution < 1.29 is 9.90 Å². The molecule has 4 aromatic rings. The van der Waals surface area contributed by atoms with E-state index < -0.39 is 11.5 Å². The van der Waals surface area contributed by atoms with Gasteiger partial charge in [-0.3, -0.25) is 14.6 Å². The fourth-order valence-electron chi connectivity index (χ4n) is 3.05. The standard InChI is InChI=1S/C21H17N3O3S/c25-18-17(20(26)23-12-15-7-4-9-22-11-15)21(27)24(16-8-10-28-19(16)18)13-14-5-2-1-3-6-14/h1-11,25H,12-13H2,(H,23,26). The zero-order valence-electron chi connectivity index (χ0n) is 14.8. The Morgan fingerprint density at radius 1 is 1.11 bits per heavy atom. The third-order valence-corrected chi connectivity index (χ3v) is 5.34. The average Bonchev–Trinajstić information content (AvgIpc) is 3.21. The van der Waals surface area contributed by atoms with Gasteiger partial charge in [-0.05, 0) is 28.6 Å². The number of carbonyl (C=O) groups excluding carboxylic acids is 1. The van der Waals surface area contributed by atoms with Gasteiger partial charge in [-0.1, -0.05) is 36.4 Å². The Morgan fingerprint density at radius 3 is 2.64 bits per heavy atom. The number of rotatable bonds is 5. The second-order valence-electron chi connectivity index (χ2n) is 6.28. The van der Waals surface area contributed by atoms with Crippen LogP contribution in [-0.4, -0.2) is 20.6 Å². The normalized spacial score (nSPS) is 10.9. The van der Waals surface area contributed by atoms with Gasteiger partial charge in [-0.2, -0.15) is 0 Å². The number of fused-ring (bicyclic) bond motifs is 1. The Labute approximate surface area is 164 Å². The summed E-state index contributed by atoms with van der Waals surface area (Å²) in [6, 6.07) is 14.9. The number of carbonyl (C=O) groups is 1. The van der Waals surface area contributed by atoms with Crippen molar-refractivity contribution in [2.45, 2.75) is 13.1 Å². The number of aromatic hydroxyl groups is 1. The van der Waals surface area contributed by atoms with E-state index in [-0.39, 0.29) is 17.9 Å². The summed E-state index contributed by atoms with van der Waals surface area (Å²) in [7, 11) is 0. The van der Waals surface area contributed by atoms with Gasteiger partial charge in [0.15, 0.2) is 5.75 Å². The van der Waals surface area contributed by atoms with E-state index in [1.807, 2.05) is 36.4 Å². The van der Waals surface area contributed by atoms with E-state index in [4.69, 9.17) is 0 Å². The number of thiophene rings is 1. The van der Waals surface area contributed by atoms with Crippen LogP contribution in [0.1, 0.15) is 21.5 Å². The average molecular weight is 391 g/mol. The molecule has 2 N–H and O–H groups in total. The zero-order chi connectivity index (χ0) is 19.5. The maximum absolute atomic E-state index is 13.1. The molecule has 0 aliphatic carbocycles. The van der Waals surface area contributed by atoms with Gasteiger partial charge >= 0.3 is 0 Å². The summed E-state index contributed by atoms with van der Waals surface area (Å²) in [6.45, 7) is 0.531. The van der Waals surface area contributed by atoms with Crippen molar-refractivity contribution in [3.05, 3.63) is 93.3 Å². The summed E-state index contributed by atoms with van der Waals surface area (Å²) in [5.41, 5.74) is 1.59. The van der Waals surface area contributed by atoms with E-state index in [2.05, 4.69) is 10.3 Å². The highest BCUT2D eigenvalue weighted by Gasteiger charge is 2.23. The van der Waals surface area contributed by atoms with Gasteiger partial charge in [0.2, 0.25) is 0 Å². The molecule has 1 aromatic carbocycles. The number of amides is 1. The third kappa shape index (κ3) is 3.39. The van der Waals surface area contributed by atoms with Crippen molar-refractivity contribution >= 4 is 27.5 Å². The van der Waals surface area contributed by atoms with E-state index in [0.717, 1.165) is 11.1 Å². The Kier molecular flexibility index (Phi) is 4.90. The first-order chi connectivity index (χ1) is 13.6. The molecule has 6 nitrogen and oxygen atoms in total. The molecule has 140 valence electrons. The SMILES string of the molecule is O=C(NCc1cccnc1)c1c(O)c2sccc2n(Cc2ccccc2)c1=O. The summed E-state index contributed by atoms with van der Waals surface area (Å²) in [6.07, 6.45) is 3.28. The lowest BCUT2D eigenvalue weighted by molar-refractivity contribution is 0.0946. The van der Waals surface area contributed by atoms with Gasteiger partial charge < -0.3 is 15.0 Å². The molecule has 0 fully saturated rings. The zero-order valence-corrected chi connectivity index (χ0v) is 15.6. The Balaban J connectivity index is 1.73. The third-order valence-electron chi connectivity index (χ3n) is 4.43. The van der Waals surface area contributed by atoms with E-state index in [9.17, 15) is 14.7 Å². The first-order valence-corrected chi connectivity index (χ1v) is 9.57. The molecular weight excluding hydrogens is 374 g/mol. The van der Waals surface area contributed by atoms with Crippen molar-refractivity contribution in [1.82, 2.24) is 14.9 Å². The minimum atomic E-state index is -0.608. The minimum absolute atomic E-state index is 0.215. The Morgan fingerprint density at radius 2 is 1.89 bits per heavy atom. The van der Waals surface area contributed by atoms with Crippen LogP contribution >= 0.6 is 11.3 Å². The topological polar surface area (TPSA) is 84.2 Å². The number of nitrogens with one attached hydrogen (secondary N) is 1. The molecule has 0 bridgehead atoms. The number of nitrogens with zero attached hydrogens (tertiary/aromatic N) is 2. The first-order valence-electron chi connectivity index (χ1n) is 8.69. The fourth-order valence-corrected chi connectivity index (χ4v) is 3.90. The smallest absolute Gasteiger partial charge is 0.268 e. The van der Waals surface area contributed by atoms with Gasteiger partial charge in [0.05, 0.1) is 16.8 Å². The lowest BCUT2D eigenvalue weighted by Gasteiger charge is -2.13. The predicted molar refractivity (Wildman–Crippen MR) is 109 cm³/mol. The van der Waals surface area contributed by atoms with Gasteiger partial charge in [0.25, 0.3) is 11.5 Å². The molecule has 0 aliphatic rings. The van der Waals surface area contributed by atoms with Gasteiger partial charge in [0, 0.05) is 18.9 Å². The molecule has 28 heavy (non-hydrogen) atoms. The van der Waals surface area contributed by atoms with Crippen LogP contribution in [0, 0.1) is 0 Å². The molecule has 3 aromatic heterocycles. The Hall–Kier alpha value is -3.45. The predicted octanol–water partition coefficient (Wildman–Crippen LogP) is 3.14. The molecule has 0 spiro atoms. The van der Waals surface area contributed by atoms with E-state index in [0.29, 0.717) is 16.8 Å². The lowest BCUT2D eigenvalue weighted by atomic mass is 10.1. The van der Waals surface area contributed by atoms with E-state index in [1.165, 1.54) is 15.9 Å².